The molecule has 1 unspecified atom stereocenters. The van der Waals surface area contributed by atoms with Crippen molar-refractivity contribution < 1.29 is 32.7 Å². The molecule has 0 aromatic carbocycles. The van der Waals surface area contributed by atoms with Crippen LogP contribution in [0.5, 0.6) is 0 Å². The van der Waals surface area contributed by atoms with Gasteiger partial charge in [-0.25, -0.2) is 4.79 Å². The topological polar surface area (TPSA) is 117 Å². The van der Waals surface area contributed by atoms with Crippen molar-refractivity contribution in [3.63, 3.8) is 0 Å². The summed E-state index contributed by atoms with van der Waals surface area (Å²) in [5, 5.41) is 14.3. The molecule has 0 radical (unpaired) electrons. The number of carboxylic acids is 1. The normalized spacial score (nSPS) is 18.0. The van der Waals surface area contributed by atoms with Gasteiger partial charge < -0.3 is 15.3 Å². The summed E-state index contributed by atoms with van der Waals surface area (Å²) in [4.78, 5) is 40.3. The first kappa shape index (κ1) is 23.2. The maximum atomic E-state index is 12.7. The van der Waals surface area contributed by atoms with Crippen LogP contribution in [-0.4, -0.2) is 55.3 Å². The van der Waals surface area contributed by atoms with Gasteiger partial charge in [0.25, 0.3) is 0 Å². The summed E-state index contributed by atoms with van der Waals surface area (Å²) in [5.41, 5.74) is 1.70. The number of aromatic nitrogens is 3. The highest BCUT2D eigenvalue weighted by molar-refractivity contribution is 5.83. The van der Waals surface area contributed by atoms with Gasteiger partial charge in [0.2, 0.25) is 11.8 Å². The maximum Gasteiger partial charge on any atom is 0.490 e. The molecule has 0 bridgehead atoms. The third kappa shape index (κ3) is 5.62. The Balaban J connectivity index is 0.000000360. The highest BCUT2D eigenvalue weighted by atomic mass is 19.4. The van der Waals surface area contributed by atoms with Gasteiger partial charge in [-0.2, -0.15) is 18.3 Å². The van der Waals surface area contributed by atoms with E-state index < -0.39 is 18.2 Å². The van der Waals surface area contributed by atoms with Gasteiger partial charge >= 0.3 is 12.1 Å². The molecule has 0 spiro atoms. The second kappa shape index (κ2) is 9.79. The molecule has 172 valence electrons. The van der Waals surface area contributed by atoms with Crippen LogP contribution in [0.15, 0.2) is 36.7 Å². The Labute approximate surface area is 181 Å². The molecular formula is C20H22F3N5O4. The molecule has 1 aliphatic carbocycles. The Hall–Kier alpha value is -3.44. The van der Waals surface area contributed by atoms with Gasteiger partial charge in [0.05, 0.1) is 31.0 Å². The van der Waals surface area contributed by atoms with Gasteiger partial charge in [-0.3, -0.25) is 19.3 Å². The molecule has 1 aliphatic heterocycles. The summed E-state index contributed by atoms with van der Waals surface area (Å²) < 4.78 is 33.5. The zero-order chi connectivity index (χ0) is 23.3. The number of nitrogens with zero attached hydrogens (tertiary/aromatic N) is 4. The largest absolute Gasteiger partial charge is 0.490 e. The smallest absolute Gasteiger partial charge is 0.475 e. The summed E-state index contributed by atoms with van der Waals surface area (Å²) in [6.07, 6.45) is 1.35. The van der Waals surface area contributed by atoms with Gasteiger partial charge in [-0.15, -0.1) is 0 Å². The molecule has 4 rings (SSSR count). The number of carboxylic acid groups (broad SMARTS) is 1. The van der Waals surface area contributed by atoms with Crippen molar-refractivity contribution in [3.05, 3.63) is 48.0 Å². The molecule has 1 fully saturated rings. The third-order valence-corrected chi connectivity index (χ3v) is 5.27. The monoisotopic (exact) mass is 453 g/mol. The molecule has 2 N–H and O–H groups in total. The lowest BCUT2D eigenvalue weighted by atomic mass is 9.84. The average Bonchev–Trinajstić information content (AvgIpc) is 3.19. The Morgan fingerprint density at radius 1 is 1.16 bits per heavy atom. The van der Waals surface area contributed by atoms with Crippen molar-refractivity contribution in [3.8, 4) is 0 Å². The number of carbonyl (C=O) groups excluding carboxylic acids is 2. The Morgan fingerprint density at radius 2 is 1.88 bits per heavy atom. The Bertz CT molecular complexity index is 960. The van der Waals surface area contributed by atoms with E-state index in [4.69, 9.17) is 9.90 Å². The second-order valence-corrected chi connectivity index (χ2v) is 7.47. The second-order valence-electron chi connectivity index (χ2n) is 7.47. The Morgan fingerprint density at radius 3 is 2.44 bits per heavy atom. The molecule has 1 saturated carbocycles. The van der Waals surface area contributed by atoms with Gasteiger partial charge in [0.15, 0.2) is 0 Å². The van der Waals surface area contributed by atoms with Crippen molar-refractivity contribution in [2.45, 2.75) is 44.6 Å². The predicted octanol–water partition coefficient (Wildman–Crippen LogP) is 1.91. The number of hydrogen-bond donors (Lipinski definition) is 2. The summed E-state index contributed by atoms with van der Waals surface area (Å²) >= 11 is 0. The van der Waals surface area contributed by atoms with Crippen LogP contribution in [0.4, 0.5) is 13.2 Å². The summed E-state index contributed by atoms with van der Waals surface area (Å²) in [6, 6.07) is 6.98. The Kier molecular flexibility index (Phi) is 7.11. The zero-order valence-electron chi connectivity index (χ0n) is 17.0. The maximum absolute atomic E-state index is 12.7. The number of carbonyl (C=O) groups is 3. The van der Waals surface area contributed by atoms with E-state index in [9.17, 15) is 22.8 Å². The van der Waals surface area contributed by atoms with Crippen LogP contribution in [0.1, 0.15) is 36.7 Å². The van der Waals surface area contributed by atoms with E-state index in [1.807, 2.05) is 29.2 Å². The number of alkyl halides is 3. The lowest BCUT2D eigenvalue weighted by molar-refractivity contribution is -0.192. The fourth-order valence-corrected chi connectivity index (χ4v) is 3.37. The number of aliphatic carboxylic acids is 1. The van der Waals surface area contributed by atoms with Crippen molar-refractivity contribution >= 4 is 17.8 Å². The predicted molar refractivity (Wildman–Crippen MR) is 104 cm³/mol. The number of rotatable bonds is 4. The molecule has 0 saturated heterocycles. The molecule has 32 heavy (non-hydrogen) atoms. The molecule has 3 heterocycles. The van der Waals surface area contributed by atoms with E-state index in [0.717, 1.165) is 30.7 Å². The number of amides is 2. The van der Waals surface area contributed by atoms with E-state index in [-0.39, 0.29) is 17.7 Å². The standard InChI is InChI=1S/C18H21N5O2.C2HF3O2/c24-17(20-10-14-6-1-2-8-19-14)16-12-22(18(25)13-4-3-5-13)11-15-7-9-21-23(15)16;3-2(4,5)1(6)7/h1-2,6-9,13,16H,3-5,10-12H2,(H,20,24);(H,6,7). The fourth-order valence-electron chi connectivity index (χ4n) is 3.37. The van der Waals surface area contributed by atoms with Gasteiger partial charge in [0, 0.05) is 18.3 Å². The third-order valence-electron chi connectivity index (χ3n) is 5.27. The van der Waals surface area contributed by atoms with Crippen LogP contribution in [0.3, 0.4) is 0 Å². The minimum absolute atomic E-state index is 0.131. The molecule has 1 atom stereocenters. The fraction of sp³-hybridized carbons (Fsp3) is 0.450. The molecule has 9 nitrogen and oxygen atoms in total. The van der Waals surface area contributed by atoms with E-state index >= 15 is 0 Å². The van der Waals surface area contributed by atoms with Crippen molar-refractivity contribution in [2.24, 2.45) is 5.92 Å². The molecule has 2 aromatic rings. The lowest BCUT2D eigenvalue weighted by Gasteiger charge is -2.37. The molecule has 12 heteroatoms. The average molecular weight is 453 g/mol. The van der Waals surface area contributed by atoms with E-state index in [0.29, 0.717) is 19.6 Å². The van der Waals surface area contributed by atoms with Crippen LogP contribution in [-0.2, 0) is 27.5 Å². The first-order valence-corrected chi connectivity index (χ1v) is 9.95. The van der Waals surface area contributed by atoms with Gasteiger partial charge in [0.1, 0.15) is 6.04 Å². The number of halogens is 3. The van der Waals surface area contributed by atoms with E-state index in [1.54, 1.807) is 17.1 Å². The first-order valence-electron chi connectivity index (χ1n) is 9.95. The number of nitrogens with one attached hydrogen (secondary N) is 1. The first-order chi connectivity index (χ1) is 15.2. The van der Waals surface area contributed by atoms with Crippen molar-refractivity contribution in [1.82, 2.24) is 25.0 Å². The molecule has 2 amide bonds. The van der Waals surface area contributed by atoms with E-state index in [1.165, 1.54) is 0 Å². The molecular weight excluding hydrogens is 431 g/mol. The molecule has 2 aromatic heterocycles. The van der Waals surface area contributed by atoms with Crippen LogP contribution < -0.4 is 5.32 Å². The minimum Gasteiger partial charge on any atom is -0.475 e. The zero-order valence-corrected chi connectivity index (χ0v) is 17.0. The number of pyridine rings is 1. The van der Waals surface area contributed by atoms with Crippen LogP contribution in [0.25, 0.3) is 0 Å². The highest BCUT2D eigenvalue weighted by Crippen LogP contribution is 2.31. The molecule has 2 aliphatic rings. The van der Waals surface area contributed by atoms with Gasteiger partial charge in [-0.05, 0) is 31.0 Å². The summed E-state index contributed by atoms with van der Waals surface area (Å²) in [6.45, 7) is 1.26. The lowest BCUT2D eigenvalue weighted by Crippen LogP contribution is -2.49. The van der Waals surface area contributed by atoms with Crippen LogP contribution >= 0.6 is 0 Å². The number of fused-ring (bicyclic) bond motifs is 1. The number of hydrogen-bond acceptors (Lipinski definition) is 5. The van der Waals surface area contributed by atoms with Gasteiger partial charge in [-0.1, -0.05) is 12.5 Å². The van der Waals surface area contributed by atoms with Crippen molar-refractivity contribution in [1.29, 1.82) is 0 Å². The van der Waals surface area contributed by atoms with Crippen LogP contribution in [0.2, 0.25) is 0 Å². The quantitative estimate of drug-likeness (QED) is 0.731. The highest BCUT2D eigenvalue weighted by Gasteiger charge is 2.38. The van der Waals surface area contributed by atoms with Crippen LogP contribution in [0, 0.1) is 5.92 Å². The summed E-state index contributed by atoms with van der Waals surface area (Å²) in [5.74, 6) is -2.60. The van der Waals surface area contributed by atoms with E-state index in [2.05, 4.69) is 15.4 Å². The SMILES string of the molecule is O=C(NCc1ccccn1)C1CN(C(=O)C2CCC2)Cc2ccnn21.O=C(O)C(F)(F)F. The minimum atomic E-state index is -5.08. The summed E-state index contributed by atoms with van der Waals surface area (Å²) in [7, 11) is 0. The van der Waals surface area contributed by atoms with Crippen molar-refractivity contribution in [2.75, 3.05) is 6.54 Å².